The van der Waals surface area contributed by atoms with E-state index < -0.39 is 0 Å². The van der Waals surface area contributed by atoms with Gasteiger partial charge >= 0.3 is 0 Å². The molecular weight excluding hydrogens is 298 g/mol. The lowest BCUT2D eigenvalue weighted by atomic mass is 9.95. The van der Waals surface area contributed by atoms with Gasteiger partial charge in [-0.1, -0.05) is 60.1 Å². The lowest BCUT2D eigenvalue weighted by Gasteiger charge is -2.25. The Kier molecular flexibility index (Phi) is 4.65. The second kappa shape index (κ2) is 6.25. The van der Waals surface area contributed by atoms with Crippen molar-refractivity contribution in [3.05, 3.63) is 64.1 Å². The van der Waals surface area contributed by atoms with Crippen molar-refractivity contribution in [2.45, 2.75) is 26.8 Å². The molecule has 2 aromatic rings. The van der Waals surface area contributed by atoms with Crippen LogP contribution in [0, 0.1) is 12.8 Å². The minimum atomic E-state index is 0.334. The lowest BCUT2D eigenvalue weighted by molar-refractivity contribution is 0.546. The molecule has 0 aliphatic rings. The van der Waals surface area contributed by atoms with E-state index in [1.165, 1.54) is 16.8 Å². The summed E-state index contributed by atoms with van der Waals surface area (Å²) in [6, 6.07) is 17.3. The lowest BCUT2D eigenvalue weighted by Crippen LogP contribution is -2.17. The van der Waals surface area contributed by atoms with Crippen LogP contribution in [0.4, 0.5) is 5.69 Å². The van der Waals surface area contributed by atoms with E-state index in [-0.39, 0.29) is 0 Å². The number of nitrogens with one attached hydrogen (secondary N) is 1. The van der Waals surface area contributed by atoms with Crippen molar-refractivity contribution in [2.24, 2.45) is 5.92 Å². The molecule has 2 rings (SSSR count). The maximum Gasteiger partial charge on any atom is 0.0536 e. The Bertz CT molecular complexity index is 534. The molecule has 1 N–H and O–H groups in total. The number of hydrogen-bond donors (Lipinski definition) is 1. The van der Waals surface area contributed by atoms with Crippen LogP contribution >= 0.6 is 15.9 Å². The van der Waals surface area contributed by atoms with Gasteiger partial charge in [0.05, 0.1) is 6.04 Å². The van der Waals surface area contributed by atoms with Gasteiger partial charge in [0.25, 0.3) is 0 Å². The zero-order chi connectivity index (χ0) is 13.8. The molecule has 0 saturated heterocycles. The fourth-order valence-electron chi connectivity index (χ4n) is 2.25. The van der Waals surface area contributed by atoms with Gasteiger partial charge in [-0.25, -0.2) is 0 Å². The third-order valence-corrected chi connectivity index (χ3v) is 3.82. The van der Waals surface area contributed by atoms with Crippen molar-refractivity contribution in [3.8, 4) is 0 Å². The van der Waals surface area contributed by atoms with E-state index in [2.05, 4.69) is 90.5 Å². The highest BCUT2D eigenvalue weighted by Crippen LogP contribution is 2.29. The van der Waals surface area contributed by atoms with Gasteiger partial charge in [-0.2, -0.15) is 0 Å². The number of aryl methyl sites for hydroxylation is 1. The minimum absolute atomic E-state index is 0.334. The van der Waals surface area contributed by atoms with Crippen molar-refractivity contribution in [3.63, 3.8) is 0 Å². The standard InChI is InChI=1S/C17H20BrN/c1-12(2)17(14-7-5-4-6-8-14)19-16-10-9-15(18)11-13(16)3/h4-12,17,19H,1-3H3. The summed E-state index contributed by atoms with van der Waals surface area (Å²) in [7, 11) is 0. The van der Waals surface area contributed by atoms with Crippen LogP contribution in [-0.2, 0) is 0 Å². The van der Waals surface area contributed by atoms with Gasteiger partial charge in [0.2, 0.25) is 0 Å². The van der Waals surface area contributed by atoms with E-state index in [0.29, 0.717) is 12.0 Å². The van der Waals surface area contributed by atoms with Gasteiger partial charge in [0.15, 0.2) is 0 Å². The molecule has 0 heterocycles. The van der Waals surface area contributed by atoms with Crippen LogP contribution in [-0.4, -0.2) is 0 Å². The molecule has 1 atom stereocenters. The van der Waals surface area contributed by atoms with Gasteiger partial charge < -0.3 is 5.32 Å². The highest BCUT2D eigenvalue weighted by Gasteiger charge is 2.15. The number of halogens is 1. The first-order valence-corrected chi connectivity index (χ1v) is 7.45. The number of anilines is 1. The molecule has 0 radical (unpaired) electrons. The summed E-state index contributed by atoms with van der Waals surface area (Å²) in [4.78, 5) is 0. The molecule has 1 nitrogen and oxygen atoms in total. The average molecular weight is 318 g/mol. The fourth-order valence-corrected chi connectivity index (χ4v) is 2.73. The summed E-state index contributed by atoms with van der Waals surface area (Å²) in [5.41, 5.74) is 3.79. The predicted molar refractivity (Wildman–Crippen MR) is 86.5 cm³/mol. The fraction of sp³-hybridized carbons (Fsp3) is 0.294. The summed E-state index contributed by atoms with van der Waals surface area (Å²) < 4.78 is 1.12. The topological polar surface area (TPSA) is 12.0 Å². The van der Waals surface area contributed by atoms with E-state index in [1.807, 2.05) is 0 Å². The van der Waals surface area contributed by atoms with Crippen LogP contribution in [0.5, 0.6) is 0 Å². The average Bonchev–Trinajstić information content (AvgIpc) is 2.38. The van der Waals surface area contributed by atoms with Gasteiger partial charge in [-0.05, 0) is 42.2 Å². The molecular formula is C17H20BrN. The Balaban J connectivity index is 2.27. The smallest absolute Gasteiger partial charge is 0.0536 e. The van der Waals surface area contributed by atoms with E-state index >= 15 is 0 Å². The summed E-state index contributed by atoms with van der Waals surface area (Å²) >= 11 is 3.51. The second-order valence-corrected chi connectivity index (χ2v) is 6.15. The highest BCUT2D eigenvalue weighted by atomic mass is 79.9. The summed E-state index contributed by atoms with van der Waals surface area (Å²) in [5, 5.41) is 3.67. The molecule has 2 heteroatoms. The Morgan fingerprint density at radius 2 is 1.68 bits per heavy atom. The van der Waals surface area contributed by atoms with Crippen LogP contribution in [0.25, 0.3) is 0 Å². The Labute approximate surface area is 124 Å². The van der Waals surface area contributed by atoms with E-state index in [9.17, 15) is 0 Å². The molecule has 0 bridgehead atoms. The first-order chi connectivity index (χ1) is 9.08. The molecule has 2 aromatic carbocycles. The highest BCUT2D eigenvalue weighted by molar-refractivity contribution is 9.10. The number of benzene rings is 2. The molecule has 0 aliphatic heterocycles. The van der Waals surface area contributed by atoms with E-state index in [1.54, 1.807) is 0 Å². The molecule has 0 saturated carbocycles. The molecule has 0 fully saturated rings. The minimum Gasteiger partial charge on any atom is -0.378 e. The van der Waals surface area contributed by atoms with Gasteiger partial charge in [-0.3, -0.25) is 0 Å². The SMILES string of the molecule is Cc1cc(Br)ccc1NC(c1ccccc1)C(C)C. The van der Waals surface area contributed by atoms with Gasteiger partial charge in [0, 0.05) is 10.2 Å². The molecule has 0 aromatic heterocycles. The largest absolute Gasteiger partial charge is 0.378 e. The third kappa shape index (κ3) is 3.60. The number of rotatable bonds is 4. The molecule has 100 valence electrons. The van der Waals surface area contributed by atoms with Crippen LogP contribution in [0.2, 0.25) is 0 Å². The van der Waals surface area contributed by atoms with Crippen molar-refractivity contribution in [2.75, 3.05) is 5.32 Å². The molecule has 1 unspecified atom stereocenters. The predicted octanol–water partition coefficient (Wildman–Crippen LogP) is 5.57. The van der Waals surface area contributed by atoms with Gasteiger partial charge in [0.1, 0.15) is 0 Å². The zero-order valence-electron chi connectivity index (χ0n) is 11.7. The van der Waals surface area contributed by atoms with Crippen LogP contribution in [0.1, 0.15) is 31.0 Å². The summed E-state index contributed by atoms with van der Waals surface area (Å²) in [5.74, 6) is 0.533. The monoisotopic (exact) mass is 317 g/mol. The maximum absolute atomic E-state index is 3.67. The molecule has 19 heavy (non-hydrogen) atoms. The normalized spacial score (nSPS) is 12.5. The maximum atomic E-state index is 3.67. The number of hydrogen-bond acceptors (Lipinski definition) is 1. The summed E-state index contributed by atoms with van der Waals surface area (Å²) in [6.45, 7) is 6.63. The third-order valence-electron chi connectivity index (χ3n) is 3.32. The second-order valence-electron chi connectivity index (χ2n) is 5.24. The van der Waals surface area contributed by atoms with Crippen LogP contribution < -0.4 is 5.32 Å². The van der Waals surface area contributed by atoms with Gasteiger partial charge in [-0.15, -0.1) is 0 Å². The van der Waals surface area contributed by atoms with Crippen molar-refractivity contribution >= 4 is 21.6 Å². The van der Waals surface area contributed by atoms with Crippen molar-refractivity contribution in [1.29, 1.82) is 0 Å². The first-order valence-electron chi connectivity index (χ1n) is 6.65. The molecule has 0 amide bonds. The molecule has 0 spiro atoms. The summed E-state index contributed by atoms with van der Waals surface area (Å²) in [6.07, 6.45) is 0. The van der Waals surface area contributed by atoms with Crippen molar-refractivity contribution < 1.29 is 0 Å². The zero-order valence-corrected chi connectivity index (χ0v) is 13.2. The van der Waals surface area contributed by atoms with Crippen molar-refractivity contribution in [1.82, 2.24) is 0 Å². The Hall–Kier alpha value is -1.28. The quantitative estimate of drug-likeness (QED) is 0.777. The van der Waals surface area contributed by atoms with Crippen LogP contribution in [0.3, 0.4) is 0 Å². The van der Waals surface area contributed by atoms with E-state index in [0.717, 1.165) is 4.47 Å². The Morgan fingerprint density at radius 1 is 1.00 bits per heavy atom. The van der Waals surface area contributed by atoms with Crippen LogP contribution in [0.15, 0.2) is 53.0 Å². The first kappa shape index (κ1) is 14.1. The Morgan fingerprint density at radius 3 is 2.26 bits per heavy atom. The van der Waals surface area contributed by atoms with E-state index in [4.69, 9.17) is 0 Å². The molecule has 0 aliphatic carbocycles.